The first kappa shape index (κ1) is 12.1. The van der Waals surface area contributed by atoms with Gasteiger partial charge >= 0.3 is 0 Å². The molecular formula is C15H14N2O. The van der Waals surface area contributed by atoms with Crippen molar-refractivity contribution in [3.8, 4) is 11.8 Å². The van der Waals surface area contributed by atoms with E-state index in [-0.39, 0.29) is 11.1 Å². The fraction of sp³-hybridized carbons (Fsp3) is 0.200. The fourth-order valence-corrected chi connectivity index (χ4v) is 1.93. The molecule has 0 spiro atoms. The second-order valence-electron chi connectivity index (χ2n) is 4.45. The summed E-state index contributed by atoms with van der Waals surface area (Å²) in [6.45, 7) is 5.70. The summed E-state index contributed by atoms with van der Waals surface area (Å²) in [5.74, 6) is 0. The van der Waals surface area contributed by atoms with Gasteiger partial charge < -0.3 is 0 Å². The maximum Gasteiger partial charge on any atom is 0.273 e. The van der Waals surface area contributed by atoms with Crippen LogP contribution in [0.25, 0.3) is 5.69 Å². The van der Waals surface area contributed by atoms with Gasteiger partial charge in [-0.1, -0.05) is 12.1 Å². The van der Waals surface area contributed by atoms with E-state index in [0.29, 0.717) is 5.56 Å². The highest BCUT2D eigenvalue weighted by molar-refractivity contribution is 5.45. The van der Waals surface area contributed by atoms with Gasteiger partial charge in [-0.2, -0.15) is 5.26 Å². The monoisotopic (exact) mass is 238 g/mol. The maximum atomic E-state index is 12.2. The van der Waals surface area contributed by atoms with Crippen molar-refractivity contribution in [2.45, 2.75) is 20.8 Å². The first-order chi connectivity index (χ1) is 8.54. The third kappa shape index (κ3) is 1.93. The van der Waals surface area contributed by atoms with Crippen LogP contribution in [0.2, 0.25) is 0 Å². The van der Waals surface area contributed by atoms with Crippen LogP contribution in [0, 0.1) is 32.1 Å². The largest absolute Gasteiger partial charge is 0.283 e. The minimum Gasteiger partial charge on any atom is -0.283 e. The highest BCUT2D eigenvalue weighted by Gasteiger charge is 2.09. The molecule has 0 amide bonds. The van der Waals surface area contributed by atoms with Crippen molar-refractivity contribution < 1.29 is 0 Å². The zero-order chi connectivity index (χ0) is 13.3. The normalized spacial score (nSPS) is 10.1. The Morgan fingerprint density at radius 3 is 2.50 bits per heavy atom. The Hall–Kier alpha value is -2.34. The zero-order valence-corrected chi connectivity index (χ0v) is 10.7. The summed E-state index contributed by atoms with van der Waals surface area (Å²) in [5.41, 5.74) is 3.59. The Labute approximate surface area is 106 Å². The lowest BCUT2D eigenvalue weighted by atomic mass is 10.1. The van der Waals surface area contributed by atoms with E-state index >= 15 is 0 Å². The van der Waals surface area contributed by atoms with Gasteiger partial charge in [-0.15, -0.1) is 0 Å². The molecule has 0 saturated heterocycles. The molecule has 0 N–H and O–H groups in total. The van der Waals surface area contributed by atoms with Crippen LogP contribution in [0.3, 0.4) is 0 Å². The number of hydrogen-bond acceptors (Lipinski definition) is 2. The number of rotatable bonds is 1. The Morgan fingerprint density at radius 1 is 1.11 bits per heavy atom. The lowest BCUT2D eigenvalue weighted by Crippen LogP contribution is -2.22. The van der Waals surface area contributed by atoms with Crippen molar-refractivity contribution in [2.75, 3.05) is 0 Å². The van der Waals surface area contributed by atoms with E-state index in [9.17, 15) is 4.79 Å². The Bertz CT molecular complexity index is 705. The molecule has 2 aromatic rings. The molecule has 90 valence electrons. The van der Waals surface area contributed by atoms with Crippen LogP contribution < -0.4 is 5.56 Å². The smallest absolute Gasteiger partial charge is 0.273 e. The average molecular weight is 238 g/mol. The third-order valence-corrected chi connectivity index (χ3v) is 3.04. The number of aromatic nitrogens is 1. The number of aryl methyl sites for hydroxylation is 3. The van der Waals surface area contributed by atoms with Gasteiger partial charge in [0.15, 0.2) is 0 Å². The molecule has 0 aliphatic carbocycles. The highest BCUT2D eigenvalue weighted by atomic mass is 16.1. The predicted molar refractivity (Wildman–Crippen MR) is 71.0 cm³/mol. The molecule has 1 aromatic heterocycles. The molecule has 3 nitrogen and oxygen atoms in total. The van der Waals surface area contributed by atoms with E-state index in [0.717, 1.165) is 16.8 Å². The quantitative estimate of drug-likeness (QED) is 0.766. The molecule has 0 aliphatic heterocycles. The van der Waals surface area contributed by atoms with Crippen molar-refractivity contribution in [2.24, 2.45) is 0 Å². The second kappa shape index (κ2) is 4.50. The first-order valence-electron chi connectivity index (χ1n) is 5.74. The molecule has 1 aromatic carbocycles. The lowest BCUT2D eigenvalue weighted by Gasteiger charge is -2.11. The van der Waals surface area contributed by atoms with E-state index in [1.807, 2.05) is 38.1 Å². The minimum atomic E-state index is -0.258. The summed E-state index contributed by atoms with van der Waals surface area (Å²) < 4.78 is 1.54. The SMILES string of the molecule is Cc1ccc(C)c(-n2ccc(C)c(C#N)c2=O)c1. The molecule has 1 heterocycles. The summed E-state index contributed by atoms with van der Waals surface area (Å²) >= 11 is 0. The lowest BCUT2D eigenvalue weighted by molar-refractivity contribution is 0.959. The van der Waals surface area contributed by atoms with Crippen LogP contribution in [0.5, 0.6) is 0 Å². The van der Waals surface area contributed by atoms with Gasteiger partial charge in [0.2, 0.25) is 0 Å². The summed E-state index contributed by atoms with van der Waals surface area (Å²) in [7, 11) is 0. The minimum absolute atomic E-state index is 0.207. The maximum absolute atomic E-state index is 12.2. The van der Waals surface area contributed by atoms with Gasteiger partial charge in [-0.25, -0.2) is 0 Å². The van der Waals surface area contributed by atoms with E-state index in [2.05, 4.69) is 0 Å². The van der Waals surface area contributed by atoms with Crippen molar-refractivity contribution in [1.82, 2.24) is 4.57 Å². The topological polar surface area (TPSA) is 45.8 Å². The standard InChI is InChI=1S/C15H14N2O/c1-10-4-5-12(3)14(8-10)17-7-6-11(2)13(9-16)15(17)18/h4-8H,1-3H3. The molecular weight excluding hydrogens is 224 g/mol. The van der Waals surface area contributed by atoms with Crippen molar-refractivity contribution in [1.29, 1.82) is 5.26 Å². The highest BCUT2D eigenvalue weighted by Crippen LogP contribution is 2.15. The molecule has 0 radical (unpaired) electrons. The second-order valence-corrected chi connectivity index (χ2v) is 4.45. The van der Waals surface area contributed by atoms with Gasteiger partial charge in [-0.05, 0) is 49.6 Å². The molecule has 0 unspecified atom stereocenters. The molecule has 18 heavy (non-hydrogen) atoms. The summed E-state index contributed by atoms with van der Waals surface area (Å²) in [6.07, 6.45) is 1.72. The van der Waals surface area contributed by atoms with Gasteiger partial charge in [0.05, 0.1) is 5.69 Å². The first-order valence-corrected chi connectivity index (χ1v) is 5.74. The van der Waals surface area contributed by atoms with Gasteiger partial charge in [0, 0.05) is 6.20 Å². The Kier molecular flexibility index (Phi) is 3.03. The Balaban J connectivity index is 2.77. The summed E-state index contributed by atoms with van der Waals surface area (Å²) in [5, 5.41) is 9.03. The molecule has 0 aliphatic rings. The van der Waals surface area contributed by atoms with E-state index in [1.165, 1.54) is 4.57 Å². The predicted octanol–water partition coefficient (Wildman–Crippen LogP) is 2.63. The van der Waals surface area contributed by atoms with Crippen LogP contribution in [0.1, 0.15) is 22.3 Å². The number of nitrogens with zero attached hydrogens (tertiary/aromatic N) is 2. The van der Waals surface area contributed by atoms with Crippen molar-refractivity contribution >= 4 is 0 Å². The Morgan fingerprint density at radius 2 is 1.83 bits per heavy atom. The van der Waals surface area contributed by atoms with E-state index < -0.39 is 0 Å². The van der Waals surface area contributed by atoms with E-state index in [1.54, 1.807) is 19.2 Å². The van der Waals surface area contributed by atoms with Crippen molar-refractivity contribution in [3.05, 3.63) is 63.1 Å². The van der Waals surface area contributed by atoms with Gasteiger partial charge in [-0.3, -0.25) is 9.36 Å². The van der Waals surface area contributed by atoms with E-state index in [4.69, 9.17) is 5.26 Å². The molecule has 3 heteroatoms. The molecule has 0 fully saturated rings. The number of benzene rings is 1. The fourth-order valence-electron chi connectivity index (χ4n) is 1.93. The summed E-state index contributed by atoms with van der Waals surface area (Å²) in [6, 6.07) is 9.70. The number of hydrogen-bond donors (Lipinski definition) is 0. The molecule has 0 bridgehead atoms. The summed E-state index contributed by atoms with van der Waals surface area (Å²) in [4.78, 5) is 12.2. The third-order valence-electron chi connectivity index (χ3n) is 3.04. The van der Waals surface area contributed by atoms with Crippen LogP contribution in [-0.2, 0) is 0 Å². The van der Waals surface area contributed by atoms with Crippen LogP contribution >= 0.6 is 0 Å². The van der Waals surface area contributed by atoms with Crippen LogP contribution in [0.4, 0.5) is 0 Å². The van der Waals surface area contributed by atoms with Crippen LogP contribution in [0.15, 0.2) is 35.3 Å². The molecule has 2 rings (SSSR count). The van der Waals surface area contributed by atoms with Gasteiger partial charge in [0.1, 0.15) is 11.6 Å². The molecule has 0 saturated carbocycles. The van der Waals surface area contributed by atoms with Crippen molar-refractivity contribution in [3.63, 3.8) is 0 Å². The van der Waals surface area contributed by atoms with Gasteiger partial charge in [0.25, 0.3) is 5.56 Å². The zero-order valence-electron chi connectivity index (χ0n) is 10.7. The molecule has 0 atom stereocenters. The number of nitriles is 1. The van der Waals surface area contributed by atoms with Crippen LogP contribution in [-0.4, -0.2) is 4.57 Å². The number of pyridine rings is 1. The average Bonchev–Trinajstić information content (AvgIpc) is 2.34.